The second-order valence-electron chi connectivity index (χ2n) is 11.4. The van der Waals surface area contributed by atoms with E-state index in [1.54, 1.807) is 19.1 Å². The molecule has 2 saturated carbocycles. The minimum atomic E-state index is -0.238. The normalized spacial score (nSPS) is 27.2. The summed E-state index contributed by atoms with van der Waals surface area (Å²) in [6.45, 7) is 10.5. The standard InChI is InChI=1S/C31H42FN3O2/c1-5-23(18-34-21(4)33)30(36)28-11-10-27(28)29-17-26(32)16-25(20(29)3)15-22-12-13-35(19(2)14-22)31(37)24-8-6-7-9-24/h5,16-19,22,24,27-28H,1,6-15H2,2-4H3,(H2,33,34)/b23-18+/t19-,22?,27?,28?/m0/s1. The molecule has 1 aliphatic heterocycles. The number of nitrogens with zero attached hydrogens (tertiary/aromatic N) is 2. The second-order valence-corrected chi connectivity index (χ2v) is 11.4. The molecule has 0 aromatic heterocycles. The van der Waals surface area contributed by atoms with E-state index in [9.17, 15) is 14.0 Å². The van der Waals surface area contributed by atoms with Gasteiger partial charge < -0.3 is 10.6 Å². The third-order valence-electron chi connectivity index (χ3n) is 8.92. The third kappa shape index (κ3) is 6.05. The molecule has 0 radical (unpaired) electrons. The molecular formula is C31H42FN3O2. The van der Waals surface area contributed by atoms with Crippen molar-refractivity contribution in [1.29, 1.82) is 0 Å². The molecule has 5 nitrogen and oxygen atoms in total. The first-order valence-electron chi connectivity index (χ1n) is 14.0. The number of ketones is 1. The van der Waals surface area contributed by atoms with Crippen molar-refractivity contribution in [2.24, 2.45) is 28.5 Å². The van der Waals surface area contributed by atoms with Gasteiger partial charge in [-0.3, -0.25) is 9.59 Å². The van der Waals surface area contributed by atoms with Crippen LogP contribution in [0.25, 0.3) is 0 Å². The minimum Gasteiger partial charge on any atom is -0.387 e. The number of nitrogens with two attached hydrogens (primary N) is 1. The number of rotatable bonds is 8. The molecule has 1 heterocycles. The average Bonchev–Trinajstić information content (AvgIpc) is 3.36. The molecule has 6 heteroatoms. The molecule has 3 unspecified atom stereocenters. The molecule has 0 spiro atoms. The number of aliphatic imine (C=N–C) groups is 1. The highest BCUT2D eigenvalue weighted by Crippen LogP contribution is 2.46. The maximum atomic E-state index is 14.9. The molecule has 1 saturated heterocycles. The Balaban J connectivity index is 1.46. The van der Waals surface area contributed by atoms with Crippen LogP contribution in [-0.4, -0.2) is 35.0 Å². The zero-order valence-corrected chi connectivity index (χ0v) is 22.6. The van der Waals surface area contributed by atoms with Gasteiger partial charge in [-0.1, -0.05) is 25.5 Å². The molecule has 4 atom stereocenters. The number of likely N-dealkylation sites (tertiary alicyclic amines) is 1. The fourth-order valence-corrected chi connectivity index (χ4v) is 6.64. The summed E-state index contributed by atoms with van der Waals surface area (Å²) >= 11 is 0. The van der Waals surface area contributed by atoms with Gasteiger partial charge >= 0.3 is 0 Å². The van der Waals surface area contributed by atoms with Crippen LogP contribution in [-0.2, 0) is 16.0 Å². The smallest absolute Gasteiger partial charge is 0.225 e. The first-order chi connectivity index (χ1) is 17.7. The van der Waals surface area contributed by atoms with Crippen molar-refractivity contribution >= 4 is 17.5 Å². The lowest BCUT2D eigenvalue weighted by Gasteiger charge is -2.40. The van der Waals surface area contributed by atoms with Gasteiger partial charge in [-0.05, 0) is 106 Å². The van der Waals surface area contributed by atoms with Crippen LogP contribution >= 0.6 is 0 Å². The number of amides is 1. The van der Waals surface area contributed by atoms with E-state index in [0.29, 0.717) is 23.2 Å². The van der Waals surface area contributed by atoms with E-state index in [2.05, 4.69) is 30.3 Å². The number of carbonyl (C=O) groups is 2. The number of benzene rings is 1. The lowest BCUT2D eigenvalue weighted by molar-refractivity contribution is -0.139. The summed E-state index contributed by atoms with van der Waals surface area (Å²) in [5, 5.41) is 0. The Bertz CT molecular complexity index is 1100. The molecule has 0 bridgehead atoms. The van der Waals surface area contributed by atoms with Crippen molar-refractivity contribution in [3.05, 3.63) is 59.1 Å². The van der Waals surface area contributed by atoms with Crippen LogP contribution in [0.1, 0.15) is 87.8 Å². The van der Waals surface area contributed by atoms with Crippen molar-refractivity contribution in [3.8, 4) is 0 Å². The van der Waals surface area contributed by atoms with Gasteiger partial charge in [-0.15, -0.1) is 0 Å². The van der Waals surface area contributed by atoms with Gasteiger partial charge in [-0.25, -0.2) is 9.38 Å². The van der Waals surface area contributed by atoms with E-state index in [1.165, 1.54) is 25.1 Å². The Hall–Kier alpha value is -2.76. The molecule has 3 fully saturated rings. The first-order valence-corrected chi connectivity index (χ1v) is 14.0. The first kappa shape index (κ1) is 27.3. The van der Waals surface area contributed by atoms with Crippen LogP contribution in [0.3, 0.4) is 0 Å². The number of Topliss-reactive ketones (excluding diaryl/α,β-unsaturated/α-hetero) is 1. The summed E-state index contributed by atoms with van der Waals surface area (Å²) in [6, 6.07) is 3.51. The van der Waals surface area contributed by atoms with Crippen molar-refractivity contribution in [3.63, 3.8) is 0 Å². The molecule has 200 valence electrons. The maximum absolute atomic E-state index is 14.9. The Morgan fingerprint density at radius 3 is 2.51 bits per heavy atom. The predicted octanol–water partition coefficient (Wildman–Crippen LogP) is 6.00. The minimum absolute atomic E-state index is 0.00180. The summed E-state index contributed by atoms with van der Waals surface area (Å²) in [6.07, 6.45) is 11.8. The quantitative estimate of drug-likeness (QED) is 0.203. The summed E-state index contributed by atoms with van der Waals surface area (Å²) < 4.78 is 14.9. The lowest BCUT2D eigenvalue weighted by Crippen LogP contribution is -2.47. The van der Waals surface area contributed by atoms with Crippen molar-refractivity contribution in [2.45, 2.75) is 90.5 Å². The molecule has 37 heavy (non-hydrogen) atoms. The molecular weight excluding hydrogens is 465 g/mol. The largest absolute Gasteiger partial charge is 0.387 e. The Morgan fingerprint density at radius 1 is 1.19 bits per heavy atom. The van der Waals surface area contributed by atoms with Crippen LogP contribution in [0, 0.1) is 30.5 Å². The highest BCUT2D eigenvalue weighted by atomic mass is 19.1. The number of hydrogen-bond acceptors (Lipinski definition) is 3. The molecule has 1 aromatic rings. The van der Waals surface area contributed by atoms with Crippen LogP contribution in [0.2, 0.25) is 0 Å². The van der Waals surface area contributed by atoms with E-state index in [-0.39, 0.29) is 35.4 Å². The highest BCUT2D eigenvalue weighted by molar-refractivity contribution is 6.01. The summed E-state index contributed by atoms with van der Waals surface area (Å²) in [5.74, 6) is 0.914. The van der Waals surface area contributed by atoms with E-state index in [0.717, 1.165) is 68.2 Å². The summed E-state index contributed by atoms with van der Waals surface area (Å²) in [7, 11) is 0. The zero-order valence-electron chi connectivity index (χ0n) is 22.6. The van der Waals surface area contributed by atoms with E-state index in [4.69, 9.17) is 5.73 Å². The van der Waals surface area contributed by atoms with Crippen molar-refractivity contribution in [1.82, 2.24) is 4.90 Å². The van der Waals surface area contributed by atoms with Crippen LogP contribution in [0.4, 0.5) is 4.39 Å². The summed E-state index contributed by atoms with van der Waals surface area (Å²) in [4.78, 5) is 32.3. The lowest BCUT2D eigenvalue weighted by atomic mass is 9.65. The fourth-order valence-electron chi connectivity index (χ4n) is 6.64. The Labute approximate surface area is 221 Å². The zero-order chi connectivity index (χ0) is 26.7. The van der Waals surface area contributed by atoms with Gasteiger partial charge in [-0.2, -0.15) is 0 Å². The average molecular weight is 508 g/mol. The van der Waals surface area contributed by atoms with Crippen LogP contribution < -0.4 is 5.73 Å². The monoisotopic (exact) mass is 507 g/mol. The second kappa shape index (κ2) is 11.7. The molecule has 3 aliphatic rings. The van der Waals surface area contributed by atoms with Gasteiger partial charge in [0.05, 0.1) is 5.84 Å². The Kier molecular flexibility index (Phi) is 8.66. The van der Waals surface area contributed by atoms with Crippen LogP contribution in [0.15, 0.2) is 41.6 Å². The number of carbonyl (C=O) groups excluding carboxylic acids is 2. The van der Waals surface area contributed by atoms with Gasteiger partial charge in [0.2, 0.25) is 5.91 Å². The predicted molar refractivity (Wildman–Crippen MR) is 147 cm³/mol. The van der Waals surface area contributed by atoms with Gasteiger partial charge in [0.15, 0.2) is 5.78 Å². The van der Waals surface area contributed by atoms with E-state index >= 15 is 0 Å². The highest BCUT2D eigenvalue weighted by Gasteiger charge is 2.40. The van der Waals surface area contributed by atoms with Crippen molar-refractivity contribution < 1.29 is 14.0 Å². The molecule has 1 aromatic carbocycles. The fraction of sp³-hybridized carbons (Fsp3) is 0.581. The van der Waals surface area contributed by atoms with E-state index in [1.807, 2.05) is 0 Å². The van der Waals surface area contributed by atoms with Gasteiger partial charge in [0, 0.05) is 36.2 Å². The summed E-state index contributed by atoms with van der Waals surface area (Å²) in [5.41, 5.74) is 9.15. The number of piperidine rings is 1. The molecule has 2 aliphatic carbocycles. The number of halogens is 1. The third-order valence-corrected chi connectivity index (χ3v) is 8.92. The molecule has 4 rings (SSSR count). The van der Waals surface area contributed by atoms with Crippen molar-refractivity contribution in [2.75, 3.05) is 6.54 Å². The SMILES string of the molecule is C=C/C(=C\N=C(C)N)C(=O)C1CCC1c1cc(F)cc(CC2CCN(C(=O)C3CCCC3)[C@@H](C)C2)c1C. The van der Waals surface area contributed by atoms with E-state index < -0.39 is 0 Å². The van der Waals surface area contributed by atoms with Crippen LogP contribution in [0.5, 0.6) is 0 Å². The number of hydrogen-bond donors (Lipinski definition) is 1. The maximum Gasteiger partial charge on any atom is 0.225 e. The molecule has 2 N–H and O–H groups in total. The van der Waals surface area contributed by atoms with Gasteiger partial charge in [0.25, 0.3) is 0 Å². The number of amidine groups is 1. The Morgan fingerprint density at radius 2 is 1.92 bits per heavy atom. The van der Waals surface area contributed by atoms with Gasteiger partial charge in [0.1, 0.15) is 5.82 Å². The topological polar surface area (TPSA) is 75.8 Å². The number of allylic oxidation sites excluding steroid dienone is 2. The molecule has 1 amide bonds.